The maximum atomic E-state index is 12.8. The van der Waals surface area contributed by atoms with Gasteiger partial charge in [-0.15, -0.1) is 11.8 Å². The van der Waals surface area contributed by atoms with Crippen molar-refractivity contribution in [3.8, 4) is 5.69 Å². The summed E-state index contributed by atoms with van der Waals surface area (Å²) in [5, 5.41) is 8.21. The fourth-order valence-corrected chi connectivity index (χ4v) is 3.00. The van der Waals surface area contributed by atoms with E-state index in [9.17, 15) is 9.18 Å². The Balaban J connectivity index is 1.43. The summed E-state index contributed by atoms with van der Waals surface area (Å²) in [6.45, 7) is 0. The van der Waals surface area contributed by atoms with Gasteiger partial charge in [-0.1, -0.05) is 18.2 Å². The SMILES string of the molecule is O=C(CCSc1ccc(F)cc1)N/N=C\c1cnn(-c2ccccc2)c1. The van der Waals surface area contributed by atoms with Crippen LogP contribution in [-0.2, 0) is 4.79 Å². The van der Waals surface area contributed by atoms with Crippen molar-refractivity contribution in [1.29, 1.82) is 0 Å². The van der Waals surface area contributed by atoms with E-state index >= 15 is 0 Å². The van der Waals surface area contributed by atoms with Gasteiger partial charge in [-0.25, -0.2) is 14.5 Å². The zero-order valence-electron chi connectivity index (χ0n) is 13.9. The molecule has 1 amide bonds. The van der Waals surface area contributed by atoms with E-state index in [-0.39, 0.29) is 11.7 Å². The molecule has 7 heteroatoms. The van der Waals surface area contributed by atoms with Crippen molar-refractivity contribution < 1.29 is 9.18 Å². The van der Waals surface area contributed by atoms with Crippen LogP contribution < -0.4 is 5.43 Å². The van der Waals surface area contributed by atoms with Crippen molar-refractivity contribution in [1.82, 2.24) is 15.2 Å². The molecule has 26 heavy (non-hydrogen) atoms. The number of carbonyl (C=O) groups excluding carboxylic acids is 1. The van der Waals surface area contributed by atoms with E-state index in [0.29, 0.717) is 12.2 Å². The molecule has 5 nitrogen and oxygen atoms in total. The van der Waals surface area contributed by atoms with Gasteiger partial charge < -0.3 is 0 Å². The maximum absolute atomic E-state index is 12.8. The van der Waals surface area contributed by atoms with Crippen LogP contribution in [0.1, 0.15) is 12.0 Å². The van der Waals surface area contributed by atoms with Gasteiger partial charge in [-0.3, -0.25) is 4.79 Å². The minimum atomic E-state index is -0.267. The summed E-state index contributed by atoms with van der Waals surface area (Å²) in [5.41, 5.74) is 4.24. The lowest BCUT2D eigenvalue weighted by Gasteiger charge is -2.01. The fourth-order valence-electron chi connectivity index (χ4n) is 2.15. The topological polar surface area (TPSA) is 59.3 Å². The second-order valence-electron chi connectivity index (χ2n) is 5.40. The lowest BCUT2D eigenvalue weighted by atomic mass is 10.3. The molecule has 1 aromatic heterocycles. The Hall–Kier alpha value is -2.93. The molecule has 1 heterocycles. The molecule has 132 valence electrons. The van der Waals surface area contributed by atoms with Crippen LogP contribution in [0, 0.1) is 5.82 Å². The van der Waals surface area contributed by atoms with Gasteiger partial charge >= 0.3 is 0 Å². The minimum absolute atomic E-state index is 0.175. The van der Waals surface area contributed by atoms with Gasteiger partial charge in [0.25, 0.3) is 0 Å². The smallest absolute Gasteiger partial charge is 0.240 e. The third-order valence-electron chi connectivity index (χ3n) is 3.44. The van der Waals surface area contributed by atoms with Gasteiger partial charge in [0, 0.05) is 28.8 Å². The standard InChI is InChI=1S/C19H17FN4OS/c20-16-6-8-18(9-7-16)26-11-10-19(25)23-21-12-15-13-22-24(14-15)17-4-2-1-3-5-17/h1-9,12-14H,10-11H2,(H,23,25)/b21-12-. The van der Waals surface area contributed by atoms with Crippen LogP contribution in [0.15, 0.2) is 77.0 Å². The van der Waals surface area contributed by atoms with E-state index in [1.165, 1.54) is 23.9 Å². The first kappa shape index (κ1) is 17.9. The van der Waals surface area contributed by atoms with Crippen molar-refractivity contribution >= 4 is 23.9 Å². The molecule has 3 aromatic rings. The number of carbonyl (C=O) groups is 1. The minimum Gasteiger partial charge on any atom is -0.273 e. The molecular formula is C19H17FN4OS. The number of aromatic nitrogens is 2. The average Bonchev–Trinajstić information content (AvgIpc) is 3.13. The van der Waals surface area contributed by atoms with Crippen LogP contribution >= 0.6 is 11.8 Å². The molecule has 0 saturated carbocycles. The van der Waals surface area contributed by atoms with E-state index in [1.54, 1.807) is 29.2 Å². The van der Waals surface area contributed by atoms with E-state index in [0.717, 1.165) is 16.1 Å². The van der Waals surface area contributed by atoms with Crippen LogP contribution in [0.3, 0.4) is 0 Å². The van der Waals surface area contributed by atoms with Gasteiger partial charge in [0.15, 0.2) is 0 Å². The third-order valence-corrected chi connectivity index (χ3v) is 4.45. The number of para-hydroxylation sites is 1. The number of thioether (sulfide) groups is 1. The van der Waals surface area contributed by atoms with E-state index in [4.69, 9.17) is 0 Å². The molecule has 3 rings (SSSR count). The summed E-state index contributed by atoms with van der Waals surface area (Å²) in [4.78, 5) is 12.7. The Morgan fingerprint density at radius 2 is 1.96 bits per heavy atom. The number of amides is 1. The normalized spacial score (nSPS) is 11.0. The highest BCUT2D eigenvalue weighted by atomic mass is 32.2. The molecule has 0 aliphatic carbocycles. The van der Waals surface area contributed by atoms with Gasteiger partial charge in [0.1, 0.15) is 5.82 Å². The van der Waals surface area contributed by atoms with Crippen molar-refractivity contribution in [3.63, 3.8) is 0 Å². The van der Waals surface area contributed by atoms with Crippen LogP contribution in [0.5, 0.6) is 0 Å². The lowest BCUT2D eigenvalue weighted by molar-refractivity contribution is -0.120. The quantitative estimate of drug-likeness (QED) is 0.393. The van der Waals surface area contributed by atoms with Gasteiger partial charge in [-0.05, 0) is 36.4 Å². The Morgan fingerprint density at radius 3 is 2.73 bits per heavy atom. The average molecular weight is 368 g/mol. The predicted octanol–water partition coefficient (Wildman–Crippen LogP) is 3.64. The van der Waals surface area contributed by atoms with Gasteiger partial charge in [0.2, 0.25) is 5.91 Å². The molecule has 0 fully saturated rings. The van der Waals surface area contributed by atoms with Crippen molar-refractivity contribution in [2.75, 3.05) is 5.75 Å². The molecule has 0 radical (unpaired) electrons. The number of hydrogen-bond donors (Lipinski definition) is 1. The number of nitrogens with one attached hydrogen (secondary N) is 1. The zero-order valence-corrected chi connectivity index (χ0v) is 14.7. The Morgan fingerprint density at radius 1 is 1.19 bits per heavy atom. The lowest BCUT2D eigenvalue weighted by Crippen LogP contribution is -2.17. The fraction of sp³-hybridized carbons (Fsp3) is 0.105. The third kappa shape index (κ3) is 5.29. The van der Waals surface area contributed by atoms with Crippen molar-refractivity contribution in [2.24, 2.45) is 5.10 Å². The molecule has 0 bridgehead atoms. The summed E-state index contributed by atoms with van der Waals surface area (Å²) in [6.07, 6.45) is 5.38. The Kier molecular flexibility index (Phi) is 6.16. The molecule has 1 N–H and O–H groups in total. The molecule has 0 aliphatic rings. The number of halogens is 1. The Labute approximate surface area is 154 Å². The van der Waals surface area contributed by atoms with E-state index < -0.39 is 0 Å². The summed E-state index contributed by atoms with van der Waals surface area (Å²) in [5.74, 6) is 0.155. The first-order valence-electron chi connectivity index (χ1n) is 8.01. The summed E-state index contributed by atoms with van der Waals surface area (Å²) < 4.78 is 14.6. The van der Waals surface area contributed by atoms with Crippen molar-refractivity contribution in [2.45, 2.75) is 11.3 Å². The monoisotopic (exact) mass is 368 g/mol. The van der Waals surface area contributed by atoms with E-state index in [1.807, 2.05) is 36.5 Å². The molecule has 2 aromatic carbocycles. The second kappa shape index (κ2) is 8.96. The molecule has 0 saturated heterocycles. The predicted molar refractivity (Wildman–Crippen MR) is 101 cm³/mol. The van der Waals surface area contributed by atoms with Crippen LogP contribution in [0.4, 0.5) is 4.39 Å². The highest BCUT2D eigenvalue weighted by molar-refractivity contribution is 7.99. The van der Waals surface area contributed by atoms with Crippen molar-refractivity contribution in [3.05, 3.63) is 78.4 Å². The molecule has 0 unspecified atom stereocenters. The molecular weight excluding hydrogens is 351 g/mol. The van der Waals surface area contributed by atoms with Crippen LogP contribution in [-0.4, -0.2) is 27.7 Å². The number of nitrogens with zero attached hydrogens (tertiary/aromatic N) is 3. The number of hydrazone groups is 1. The number of rotatable bonds is 7. The summed E-state index contributed by atoms with van der Waals surface area (Å²) in [7, 11) is 0. The van der Waals surface area contributed by atoms with Crippen LogP contribution in [0.25, 0.3) is 5.69 Å². The van der Waals surface area contributed by atoms with Gasteiger partial charge in [-0.2, -0.15) is 10.2 Å². The maximum Gasteiger partial charge on any atom is 0.240 e. The van der Waals surface area contributed by atoms with Gasteiger partial charge in [0.05, 0.1) is 18.1 Å². The zero-order chi connectivity index (χ0) is 18.2. The molecule has 0 atom stereocenters. The number of hydrogen-bond acceptors (Lipinski definition) is 4. The first-order valence-corrected chi connectivity index (χ1v) is 8.99. The summed E-state index contributed by atoms with van der Waals surface area (Å²) >= 11 is 1.50. The Bertz CT molecular complexity index is 878. The number of benzene rings is 2. The first-order chi connectivity index (χ1) is 12.7. The molecule has 0 spiro atoms. The largest absolute Gasteiger partial charge is 0.273 e. The second-order valence-corrected chi connectivity index (χ2v) is 6.57. The highest BCUT2D eigenvalue weighted by Crippen LogP contribution is 2.18. The molecule has 0 aliphatic heterocycles. The highest BCUT2D eigenvalue weighted by Gasteiger charge is 2.02. The summed E-state index contributed by atoms with van der Waals surface area (Å²) in [6, 6.07) is 15.9. The van der Waals surface area contributed by atoms with Crippen LogP contribution in [0.2, 0.25) is 0 Å². The van der Waals surface area contributed by atoms with E-state index in [2.05, 4.69) is 15.6 Å².